The molecule has 1 atom stereocenters. The van der Waals surface area contributed by atoms with Crippen molar-refractivity contribution in [3.8, 4) is 0 Å². The molecule has 3 nitrogen and oxygen atoms in total. The van der Waals surface area contributed by atoms with Crippen molar-refractivity contribution in [3.63, 3.8) is 0 Å². The minimum absolute atomic E-state index is 0.202. The van der Waals surface area contributed by atoms with Crippen LogP contribution in [-0.2, 0) is 6.54 Å². The summed E-state index contributed by atoms with van der Waals surface area (Å²) in [6.07, 6.45) is 0.681. The van der Waals surface area contributed by atoms with Crippen molar-refractivity contribution in [3.05, 3.63) is 29.6 Å². The van der Waals surface area contributed by atoms with Crippen molar-refractivity contribution in [1.29, 1.82) is 0 Å². The predicted octanol–water partition coefficient (Wildman–Crippen LogP) is 2.53. The van der Waals surface area contributed by atoms with Gasteiger partial charge < -0.3 is 15.3 Å². The molecular weight excluding hydrogens is 255 g/mol. The van der Waals surface area contributed by atoms with Gasteiger partial charge in [0.05, 0.1) is 11.3 Å². The Morgan fingerprint density at radius 1 is 1.45 bits per heavy atom. The Kier molecular flexibility index (Phi) is 4.66. The van der Waals surface area contributed by atoms with E-state index in [-0.39, 0.29) is 5.82 Å². The van der Waals surface area contributed by atoms with E-state index < -0.39 is 5.60 Å². The quantitative estimate of drug-likeness (QED) is 0.870. The molecule has 0 bridgehead atoms. The molecule has 2 N–H and O–H groups in total. The summed E-state index contributed by atoms with van der Waals surface area (Å²) in [7, 11) is 0. The second-order valence-corrected chi connectivity index (χ2v) is 6.44. The maximum absolute atomic E-state index is 14.2. The lowest BCUT2D eigenvalue weighted by Crippen LogP contribution is -2.31. The Balaban J connectivity index is 2.14. The van der Waals surface area contributed by atoms with Crippen molar-refractivity contribution in [2.75, 3.05) is 24.5 Å². The number of hydrogen-bond donors (Lipinski definition) is 2. The van der Waals surface area contributed by atoms with E-state index in [4.69, 9.17) is 0 Å². The van der Waals surface area contributed by atoms with Gasteiger partial charge in [-0.25, -0.2) is 4.39 Å². The van der Waals surface area contributed by atoms with Crippen LogP contribution in [0.3, 0.4) is 0 Å². The first kappa shape index (κ1) is 15.3. The van der Waals surface area contributed by atoms with Crippen LogP contribution >= 0.6 is 0 Å². The molecule has 1 aromatic rings. The monoisotopic (exact) mass is 280 g/mol. The fourth-order valence-corrected chi connectivity index (χ4v) is 2.69. The zero-order valence-electron chi connectivity index (χ0n) is 12.6. The van der Waals surface area contributed by atoms with E-state index in [9.17, 15) is 9.50 Å². The molecule has 1 fully saturated rings. The molecule has 0 spiro atoms. The summed E-state index contributed by atoms with van der Waals surface area (Å²) < 4.78 is 14.2. The molecule has 4 heteroatoms. The summed E-state index contributed by atoms with van der Waals surface area (Å²) in [5.41, 5.74) is 0.884. The summed E-state index contributed by atoms with van der Waals surface area (Å²) in [6.45, 7) is 8.87. The Morgan fingerprint density at radius 2 is 2.20 bits per heavy atom. The molecule has 1 heterocycles. The molecular formula is C16H25FN2O. The molecule has 1 aromatic carbocycles. The van der Waals surface area contributed by atoms with Gasteiger partial charge in [-0.3, -0.25) is 0 Å². The van der Waals surface area contributed by atoms with Gasteiger partial charge in [0.1, 0.15) is 5.82 Å². The van der Waals surface area contributed by atoms with E-state index in [1.54, 1.807) is 6.07 Å². The number of aliphatic hydroxyl groups is 1. The molecule has 0 amide bonds. The standard InChI is InChI=1S/C16H25FN2O/c1-12(2)9-18-10-13-5-4-6-14(17)15(13)19-8-7-16(3,20)11-19/h4-6,12,18,20H,7-11H2,1-3H3. The van der Waals surface area contributed by atoms with Gasteiger partial charge in [0.25, 0.3) is 0 Å². The van der Waals surface area contributed by atoms with Crippen LogP contribution < -0.4 is 10.2 Å². The number of hydrogen-bond acceptors (Lipinski definition) is 3. The van der Waals surface area contributed by atoms with Gasteiger partial charge in [-0.2, -0.15) is 0 Å². The zero-order valence-corrected chi connectivity index (χ0v) is 12.6. The van der Waals surface area contributed by atoms with Crippen LogP contribution in [0.5, 0.6) is 0 Å². The Bertz CT molecular complexity index is 460. The van der Waals surface area contributed by atoms with Gasteiger partial charge in [-0.1, -0.05) is 26.0 Å². The Morgan fingerprint density at radius 3 is 2.80 bits per heavy atom. The van der Waals surface area contributed by atoms with E-state index in [0.717, 1.165) is 12.1 Å². The van der Waals surface area contributed by atoms with Crippen LogP contribution in [0.2, 0.25) is 0 Å². The second-order valence-electron chi connectivity index (χ2n) is 6.44. The molecule has 1 unspecified atom stereocenters. The highest BCUT2D eigenvalue weighted by Crippen LogP contribution is 2.31. The number of nitrogens with zero attached hydrogens (tertiary/aromatic N) is 1. The van der Waals surface area contributed by atoms with Gasteiger partial charge >= 0.3 is 0 Å². The topological polar surface area (TPSA) is 35.5 Å². The van der Waals surface area contributed by atoms with Gasteiger partial charge in [-0.15, -0.1) is 0 Å². The van der Waals surface area contributed by atoms with Crippen molar-refractivity contribution >= 4 is 5.69 Å². The third kappa shape index (κ3) is 3.70. The van der Waals surface area contributed by atoms with Crippen molar-refractivity contribution < 1.29 is 9.50 Å². The van der Waals surface area contributed by atoms with Crippen LogP contribution in [-0.4, -0.2) is 30.3 Å². The van der Waals surface area contributed by atoms with Crippen molar-refractivity contribution in [1.82, 2.24) is 5.32 Å². The predicted molar refractivity (Wildman–Crippen MR) is 80.4 cm³/mol. The summed E-state index contributed by atoms with van der Waals surface area (Å²) in [5.74, 6) is 0.367. The molecule has 2 rings (SSSR count). The Hall–Kier alpha value is -1.13. The third-order valence-electron chi connectivity index (χ3n) is 3.71. The summed E-state index contributed by atoms with van der Waals surface area (Å²) in [4.78, 5) is 1.96. The van der Waals surface area contributed by atoms with E-state index in [1.807, 2.05) is 17.9 Å². The number of para-hydroxylation sites is 1. The lowest BCUT2D eigenvalue weighted by molar-refractivity contribution is 0.0839. The first-order valence-corrected chi connectivity index (χ1v) is 7.34. The summed E-state index contributed by atoms with van der Waals surface area (Å²) in [5, 5.41) is 13.4. The lowest BCUT2D eigenvalue weighted by Gasteiger charge is -2.24. The number of β-amino-alcohol motifs (C(OH)–C–C–N with tert-alkyl or cyclic N) is 1. The average molecular weight is 280 g/mol. The molecule has 112 valence electrons. The largest absolute Gasteiger partial charge is 0.388 e. The van der Waals surface area contributed by atoms with Crippen molar-refractivity contribution in [2.45, 2.75) is 39.3 Å². The molecule has 20 heavy (non-hydrogen) atoms. The maximum atomic E-state index is 14.2. The lowest BCUT2D eigenvalue weighted by atomic mass is 10.1. The number of halogens is 1. The molecule has 1 aliphatic rings. The minimum atomic E-state index is -0.717. The average Bonchev–Trinajstić information content (AvgIpc) is 2.69. The first-order valence-electron chi connectivity index (χ1n) is 7.34. The third-order valence-corrected chi connectivity index (χ3v) is 3.71. The molecule has 0 aliphatic carbocycles. The van der Waals surface area contributed by atoms with E-state index in [1.165, 1.54) is 6.07 Å². The van der Waals surface area contributed by atoms with Crippen LogP contribution in [0.25, 0.3) is 0 Å². The molecule has 0 radical (unpaired) electrons. The van der Waals surface area contributed by atoms with E-state index in [0.29, 0.717) is 37.7 Å². The van der Waals surface area contributed by atoms with Gasteiger partial charge in [0.2, 0.25) is 0 Å². The zero-order chi connectivity index (χ0) is 14.8. The normalized spacial score (nSPS) is 22.8. The maximum Gasteiger partial charge on any atom is 0.146 e. The fourth-order valence-electron chi connectivity index (χ4n) is 2.69. The molecule has 0 aromatic heterocycles. The van der Waals surface area contributed by atoms with Crippen LogP contribution in [0.15, 0.2) is 18.2 Å². The summed E-state index contributed by atoms with van der Waals surface area (Å²) in [6, 6.07) is 5.20. The fraction of sp³-hybridized carbons (Fsp3) is 0.625. The molecule has 1 saturated heterocycles. The number of anilines is 1. The smallest absolute Gasteiger partial charge is 0.146 e. The highest BCUT2D eigenvalue weighted by molar-refractivity contribution is 5.56. The van der Waals surface area contributed by atoms with Gasteiger partial charge in [0.15, 0.2) is 0 Å². The second kappa shape index (κ2) is 6.10. The Labute approximate surface area is 120 Å². The molecule has 0 saturated carbocycles. The highest BCUT2D eigenvalue weighted by Gasteiger charge is 2.33. The first-order chi connectivity index (χ1) is 9.39. The molecule has 1 aliphatic heterocycles. The summed E-state index contributed by atoms with van der Waals surface area (Å²) >= 11 is 0. The van der Waals surface area contributed by atoms with Crippen LogP contribution in [0.1, 0.15) is 32.8 Å². The van der Waals surface area contributed by atoms with Gasteiger partial charge in [-0.05, 0) is 37.4 Å². The van der Waals surface area contributed by atoms with Crippen molar-refractivity contribution in [2.24, 2.45) is 5.92 Å². The number of benzene rings is 1. The highest BCUT2D eigenvalue weighted by atomic mass is 19.1. The minimum Gasteiger partial charge on any atom is -0.388 e. The van der Waals surface area contributed by atoms with E-state index in [2.05, 4.69) is 19.2 Å². The van der Waals surface area contributed by atoms with Crippen LogP contribution in [0, 0.1) is 11.7 Å². The van der Waals surface area contributed by atoms with Gasteiger partial charge in [0, 0.05) is 19.6 Å². The number of nitrogens with one attached hydrogen (secondary N) is 1. The SMILES string of the molecule is CC(C)CNCc1cccc(F)c1N1CCC(C)(O)C1. The van der Waals surface area contributed by atoms with E-state index >= 15 is 0 Å². The van der Waals surface area contributed by atoms with Crippen LogP contribution in [0.4, 0.5) is 10.1 Å². The number of rotatable bonds is 5.